The van der Waals surface area contributed by atoms with Crippen molar-refractivity contribution in [2.45, 2.75) is 50.2 Å². The maximum absolute atomic E-state index is 12.3. The monoisotopic (exact) mass is 321 g/mol. The van der Waals surface area contributed by atoms with E-state index in [0.29, 0.717) is 12.4 Å². The van der Waals surface area contributed by atoms with Gasteiger partial charge in [-0.05, 0) is 31.4 Å². The Labute approximate surface area is 137 Å². The molecule has 0 radical (unpaired) electrons. The van der Waals surface area contributed by atoms with Crippen molar-refractivity contribution in [3.63, 3.8) is 0 Å². The van der Waals surface area contributed by atoms with E-state index in [1.165, 1.54) is 25.7 Å². The van der Waals surface area contributed by atoms with E-state index >= 15 is 0 Å². The van der Waals surface area contributed by atoms with Gasteiger partial charge >= 0.3 is 6.03 Å². The minimum atomic E-state index is -0.262. The van der Waals surface area contributed by atoms with Crippen molar-refractivity contribution in [3.05, 3.63) is 24.2 Å². The Hall–Kier alpha value is -1.53. The minimum Gasteiger partial charge on any atom is -0.467 e. The number of likely N-dealkylation sites (tertiary alicyclic amines) is 1. The van der Waals surface area contributed by atoms with Gasteiger partial charge in [0.2, 0.25) is 0 Å². The van der Waals surface area contributed by atoms with Crippen molar-refractivity contribution in [3.8, 4) is 0 Å². The van der Waals surface area contributed by atoms with Crippen molar-refractivity contribution in [1.29, 1.82) is 0 Å². The molecule has 128 valence electrons. The van der Waals surface area contributed by atoms with Crippen LogP contribution in [-0.2, 0) is 4.74 Å². The third-order valence-electron chi connectivity index (χ3n) is 4.92. The van der Waals surface area contributed by atoms with E-state index in [9.17, 15) is 4.79 Å². The Bertz CT molecular complexity index is 485. The average molecular weight is 321 g/mol. The maximum atomic E-state index is 12.3. The summed E-state index contributed by atoms with van der Waals surface area (Å²) >= 11 is 0. The fourth-order valence-corrected chi connectivity index (χ4v) is 3.74. The summed E-state index contributed by atoms with van der Waals surface area (Å²) in [5.74, 6) is 0.709. The van der Waals surface area contributed by atoms with Gasteiger partial charge in [-0.25, -0.2) is 4.79 Å². The Kier molecular flexibility index (Phi) is 5.56. The van der Waals surface area contributed by atoms with Crippen LogP contribution in [0, 0.1) is 0 Å². The van der Waals surface area contributed by atoms with Crippen molar-refractivity contribution in [1.82, 2.24) is 15.5 Å². The van der Waals surface area contributed by atoms with Crippen molar-refractivity contribution in [2.75, 3.05) is 26.8 Å². The second kappa shape index (κ2) is 7.84. The van der Waals surface area contributed by atoms with E-state index in [-0.39, 0.29) is 18.1 Å². The van der Waals surface area contributed by atoms with Crippen LogP contribution in [0.25, 0.3) is 0 Å². The smallest absolute Gasteiger partial charge is 0.315 e. The van der Waals surface area contributed by atoms with E-state index in [2.05, 4.69) is 15.5 Å². The van der Waals surface area contributed by atoms with Gasteiger partial charge in [0, 0.05) is 32.3 Å². The second-order valence-corrected chi connectivity index (χ2v) is 6.56. The largest absolute Gasteiger partial charge is 0.467 e. The first-order valence-corrected chi connectivity index (χ1v) is 8.59. The van der Waals surface area contributed by atoms with Crippen molar-refractivity contribution < 1.29 is 13.9 Å². The lowest BCUT2D eigenvalue weighted by Gasteiger charge is -2.24. The van der Waals surface area contributed by atoms with Crippen LogP contribution in [0.2, 0.25) is 0 Å². The topological polar surface area (TPSA) is 66.7 Å². The molecule has 1 aromatic heterocycles. The quantitative estimate of drug-likeness (QED) is 0.843. The molecule has 2 amide bonds. The molecule has 1 aliphatic heterocycles. The molecule has 1 aliphatic carbocycles. The number of hydrogen-bond acceptors (Lipinski definition) is 4. The summed E-state index contributed by atoms with van der Waals surface area (Å²) in [4.78, 5) is 14.8. The van der Waals surface area contributed by atoms with E-state index < -0.39 is 0 Å². The van der Waals surface area contributed by atoms with Crippen LogP contribution in [0.4, 0.5) is 4.79 Å². The molecule has 1 saturated carbocycles. The minimum absolute atomic E-state index is 0.151. The highest BCUT2D eigenvalue weighted by Crippen LogP contribution is 2.26. The summed E-state index contributed by atoms with van der Waals surface area (Å²) in [6, 6.07) is 4.21. The molecule has 2 aliphatic rings. The molecule has 0 spiro atoms. The van der Waals surface area contributed by atoms with E-state index in [4.69, 9.17) is 9.15 Å². The molecular weight excluding hydrogens is 294 g/mol. The molecule has 2 fully saturated rings. The molecule has 1 saturated heterocycles. The van der Waals surface area contributed by atoms with Gasteiger partial charge in [0.15, 0.2) is 0 Å². The maximum Gasteiger partial charge on any atom is 0.315 e. The van der Waals surface area contributed by atoms with E-state index in [1.807, 2.05) is 12.1 Å². The highest BCUT2D eigenvalue weighted by molar-refractivity contribution is 5.74. The van der Waals surface area contributed by atoms with Crippen molar-refractivity contribution in [2.24, 2.45) is 0 Å². The number of methoxy groups -OCH3 is 1. The number of urea groups is 1. The third-order valence-corrected chi connectivity index (χ3v) is 4.92. The number of hydrogen-bond donors (Lipinski definition) is 2. The van der Waals surface area contributed by atoms with Gasteiger partial charge < -0.3 is 19.8 Å². The molecule has 2 heterocycles. The molecule has 23 heavy (non-hydrogen) atoms. The lowest BCUT2D eigenvalue weighted by atomic mass is 10.2. The fourth-order valence-electron chi connectivity index (χ4n) is 3.74. The molecule has 2 N–H and O–H groups in total. The molecule has 0 unspecified atom stereocenters. The van der Waals surface area contributed by atoms with Gasteiger partial charge in [0.1, 0.15) is 11.8 Å². The summed E-state index contributed by atoms with van der Waals surface area (Å²) in [5.41, 5.74) is 0. The number of nitrogens with zero attached hydrogens (tertiary/aromatic N) is 1. The van der Waals surface area contributed by atoms with Gasteiger partial charge in [0.25, 0.3) is 0 Å². The third kappa shape index (κ3) is 4.26. The zero-order valence-electron chi connectivity index (χ0n) is 13.8. The summed E-state index contributed by atoms with van der Waals surface area (Å²) in [7, 11) is 1.62. The normalized spacial score (nSPS) is 24.0. The van der Waals surface area contributed by atoms with E-state index in [1.54, 1.807) is 13.4 Å². The number of carbonyl (C=O) groups is 1. The van der Waals surface area contributed by atoms with Crippen LogP contribution < -0.4 is 10.6 Å². The van der Waals surface area contributed by atoms with Crippen molar-refractivity contribution >= 4 is 6.03 Å². The first kappa shape index (κ1) is 16.3. The molecule has 6 nitrogen and oxygen atoms in total. The molecule has 3 rings (SSSR count). The Morgan fingerprint density at radius 3 is 2.96 bits per heavy atom. The number of amides is 2. The predicted molar refractivity (Wildman–Crippen MR) is 87.2 cm³/mol. The average Bonchev–Trinajstić information content (AvgIpc) is 3.28. The number of ether oxygens (including phenoxy) is 1. The highest BCUT2D eigenvalue weighted by atomic mass is 16.5. The highest BCUT2D eigenvalue weighted by Gasteiger charge is 2.31. The Morgan fingerprint density at radius 1 is 1.43 bits per heavy atom. The number of furan rings is 1. The van der Waals surface area contributed by atoms with Gasteiger partial charge in [-0.1, -0.05) is 12.8 Å². The molecule has 6 heteroatoms. The van der Waals surface area contributed by atoms with Gasteiger partial charge in [0.05, 0.1) is 12.9 Å². The lowest BCUT2D eigenvalue weighted by Crippen LogP contribution is -2.45. The summed E-state index contributed by atoms with van der Waals surface area (Å²) in [6.07, 6.45) is 7.96. The number of carbonyl (C=O) groups excluding carboxylic acids is 1. The van der Waals surface area contributed by atoms with Crippen LogP contribution in [0.5, 0.6) is 0 Å². The van der Waals surface area contributed by atoms with Crippen LogP contribution in [-0.4, -0.2) is 49.8 Å². The van der Waals surface area contributed by atoms with Gasteiger partial charge in [-0.15, -0.1) is 0 Å². The summed E-state index contributed by atoms with van der Waals surface area (Å²) in [5, 5.41) is 6.04. The molecule has 0 aromatic carbocycles. The predicted octanol–water partition coefficient (Wildman–Crippen LogP) is 2.28. The van der Waals surface area contributed by atoms with E-state index in [0.717, 1.165) is 25.6 Å². The summed E-state index contributed by atoms with van der Waals surface area (Å²) in [6.45, 7) is 2.45. The first-order valence-electron chi connectivity index (χ1n) is 8.59. The van der Waals surface area contributed by atoms with Crippen LogP contribution in [0.3, 0.4) is 0 Å². The first-order chi connectivity index (χ1) is 11.3. The van der Waals surface area contributed by atoms with Crippen LogP contribution in [0.15, 0.2) is 22.8 Å². The van der Waals surface area contributed by atoms with Crippen LogP contribution >= 0.6 is 0 Å². The Morgan fingerprint density at radius 2 is 2.26 bits per heavy atom. The SMILES string of the molecule is COC[C@H](NC(=O)N[C@@H]1CCN(C2CCCC2)C1)c1ccco1. The molecule has 0 bridgehead atoms. The molecule has 1 aromatic rings. The zero-order chi connectivity index (χ0) is 16.1. The van der Waals surface area contributed by atoms with Gasteiger partial charge in [-0.3, -0.25) is 4.90 Å². The lowest BCUT2D eigenvalue weighted by molar-refractivity contribution is 0.156. The van der Waals surface area contributed by atoms with Gasteiger partial charge in [-0.2, -0.15) is 0 Å². The van der Waals surface area contributed by atoms with Crippen LogP contribution in [0.1, 0.15) is 43.9 Å². The molecule has 2 atom stereocenters. The second-order valence-electron chi connectivity index (χ2n) is 6.56. The number of nitrogens with one attached hydrogen (secondary N) is 2. The number of rotatable bonds is 6. The molecular formula is C17H27N3O3. The fraction of sp³-hybridized carbons (Fsp3) is 0.706. The Balaban J connectivity index is 1.47. The summed E-state index contributed by atoms with van der Waals surface area (Å²) < 4.78 is 10.5. The standard InChI is InChI=1S/C17H27N3O3/c1-22-12-15(16-7-4-10-23-16)19-17(21)18-13-8-9-20(11-13)14-5-2-3-6-14/h4,7,10,13-15H,2-3,5-6,8-9,11-12H2,1H3,(H2,18,19,21)/t13-,15+/m1/s1. The zero-order valence-corrected chi connectivity index (χ0v) is 13.8.